The summed E-state index contributed by atoms with van der Waals surface area (Å²) < 4.78 is 6.34. The van der Waals surface area contributed by atoms with Crippen LogP contribution in [0.1, 0.15) is 53.3 Å². The number of aryl methyl sites for hydroxylation is 1. The van der Waals surface area contributed by atoms with E-state index >= 15 is 0 Å². The van der Waals surface area contributed by atoms with Crippen LogP contribution in [0.15, 0.2) is 83.4 Å². The summed E-state index contributed by atoms with van der Waals surface area (Å²) in [6.45, 7) is 5.63. The van der Waals surface area contributed by atoms with E-state index in [2.05, 4.69) is 15.6 Å². The lowest BCUT2D eigenvalue weighted by atomic mass is 10.0. The van der Waals surface area contributed by atoms with Gasteiger partial charge in [0.1, 0.15) is 17.6 Å². The number of hydrogen-bond donors (Lipinski definition) is 3. The first-order valence-corrected chi connectivity index (χ1v) is 13.0. The van der Waals surface area contributed by atoms with Crippen LogP contribution < -0.4 is 15.5 Å². The molecule has 2 aromatic carbocycles. The van der Waals surface area contributed by atoms with Gasteiger partial charge in [-0.2, -0.15) is 0 Å². The van der Waals surface area contributed by atoms with Gasteiger partial charge in [-0.25, -0.2) is 4.79 Å². The Labute approximate surface area is 231 Å². The Balaban J connectivity index is 1.57. The van der Waals surface area contributed by atoms with Crippen LogP contribution in [0.2, 0.25) is 0 Å². The monoisotopic (exact) mass is 540 g/mol. The van der Waals surface area contributed by atoms with Crippen LogP contribution in [-0.4, -0.2) is 27.1 Å². The first-order chi connectivity index (χ1) is 18.7. The minimum atomic E-state index is -1.03. The lowest BCUT2D eigenvalue weighted by Crippen LogP contribution is -2.29. The molecule has 9 heteroatoms. The van der Waals surface area contributed by atoms with Gasteiger partial charge in [0.15, 0.2) is 5.11 Å². The Morgan fingerprint density at radius 1 is 1.08 bits per heavy atom. The standard InChI is InChI=1S/C30H28N4O4S/c1-17(2)28(35)32-22-12-11-19(16-18(22)3)34-27(26(33-30(34)39)23-10-6-7-15-31-23)25-14-13-24(38-25)20-8-4-5-9-21(20)29(36)37/h4-17,26-27H,1-3H3,(H,32,35)(H,33,39)(H,36,37)/t26-,27-/m0/s1. The van der Waals surface area contributed by atoms with Gasteiger partial charge in [0.05, 0.1) is 17.3 Å². The summed E-state index contributed by atoms with van der Waals surface area (Å²) >= 11 is 5.81. The molecule has 8 nitrogen and oxygen atoms in total. The predicted octanol–water partition coefficient (Wildman–Crippen LogP) is 6.12. The van der Waals surface area contributed by atoms with Crippen molar-refractivity contribution in [2.75, 3.05) is 10.2 Å². The second kappa shape index (κ2) is 10.7. The molecule has 5 rings (SSSR count). The predicted molar refractivity (Wildman–Crippen MR) is 154 cm³/mol. The molecule has 0 aliphatic carbocycles. The Morgan fingerprint density at radius 3 is 2.54 bits per heavy atom. The lowest BCUT2D eigenvalue weighted by Gasteiger charge is -2.27. The number of nitrogens with zero attached hydrogens (tertiary/aromatic N) is 2. The highest BCUT2D eigenvalue weighted by molar-refractivity contribution is 7.80. The van der Waals surface area contributed by atoms with E-state index < -0.39 is 12.0 Å². The summed E-state index contributed by atoms with van der Waals surface area (Å²) in [4.78, 5) is 30.6. The van der Waals surface area contributed by atoms with Gasteiger partial charge in [0, 0.05) is 29.1 Å². The zero-order chi connectivity index (χ0) is 27.7. The van der Waals surface area contributed by atoms with Crippen LogP contribution in [0.3, 0.4) is 0 Å². The quantitative estimate of drug-likeness (QED) is 0.241. The number of hydrogen-bond acceptors (Lipinski definition) is 5. The van der Waals surface area contributed by atoms with E-state index in [4.69, 9.17) is 16.6 Å². The minimum absolute atomic E-state index is 0.0536. The highest BCUT2D eigenvalue weighted by Crippen LogP contribution is 2.43. The number of pyridine rings is 1. The number of aromatic carboxylic acids is 1. The van der Waals surface area contributed by atoms with Crippen molar-refractivity contribution >= 4 is 40.6 Å². The number of carboxylic acids is 1. The van der Waals surface area contributed by atoms with Gasteiger partial charge < -0.3 is 25.1 Å². The van der Waals surface area contributed by atoms with E-state index in [0.717, 1.165) is 22.6 Å². The van der Waals surface area contributed by atoms with Crippen molar-refractivity contribution in [3.63, 3.8) is 0 Å². The number of carbonyl (C=O) groups is 2. The van der Waals surface area contributed by atoms with E-state index in [1.807, 2.05) is 68.1 Å². The summed E-state index contributed by atoms with van der Waals surface area (Å²) in [5, 5.41) is 16.5. The van der Waals surface area contributed by atoms with Gasteiger partial charge in [-0.3, -0.25) is 9.78 Å². The number of rotatable bonds is 7. The highest BCUT2D eigenvalue weighted by atomic mass is 32.1. The molecular formula is C30H28N4O4S. The Hall–Kier alpha value is -4.50. The summed E-state index contributed by atoms with van der Waals surface area (Å²) in [7, 11) is 0. The normalized spacial score (nSPS) is 16.8. The average molecular weight is 541 g/mol. The molecule has 1 fully saturated rings. The summed E-state index contributed by atoms with van der Waals surface area (Å²) in [5.41, 5.74) is 3.88. The van der Waals surface area contributed by atoms with Crippen LogP contribution in [0.25, 0.3) is 11.3 Å². The van der Waals surface area contributed by atoms with Crippen molar-refractivity contribution in [2.45, 2.75) is 32.9 Å². The topological polar surface area (TPSA) is 108 Å². The second-order valence-corrected chi connectivity index (χ2v) is 10.1. The van der Waals surface area contributed by atoms with Crippen molar-refractivity contribution in [1.82, 2.24) is 10.3 Å². The molecule has 1 aliphatic rings. The number of amides is 1. The van der Waals surface area contributed by atoms with E-state index in [1.165, 1.54) is 0 Å². The number of benzene rings is 2. The molecule has 0 saturated carbocycles. The number of furan rings is 1. The largest absolute Gasteiger partial charge is 0.478 e. The number of carboxylic acid groups (broad SMARTS) is 1. The SMILES string of the molecule is Cc1cc(N2C(=S)N[C@@H](c3ccccn3)[C@@H]2c2ccc(-c3ccccc3C(=O)O)o2)ccc1NC(=O)C(C)C. The van der Waals surface area contributed by atoms with Crippen molar-refractivity contribution in [3.8, 4) is 11.3 Å². The van der Waals surface area contributed by atoms with Crippen molar-refractivity contribution < 1.29 is 19.1 Å². The van der Waals surface area contributed by atoms with Gasteiger partial charge in [-0.05, 0) is 73.2 Å². The molecule has 0 spiro atoms. The maximum absolute atomic E-state index is 12.3. The van der Waals surface area contributed by atoms with E-state index in [-0.39, 0.29) is 23.4 Å². The van der Waals surface area contributed by atoms with Crippen LogP contribution in [0, 0.1) is 12.8 Å². The van der Waals surface area contributed by atoms with Crippen molar-refractivity contribution in [1.29, 1.82) is 0 Å². The molecule has 1 saturated heterocycles. The fourth-order valence-corrected chi connectivity index (χ4v) is 5.02. The molecular weight excluding hydrogens is 512 g/mol. The zero-order valence-corrected chi connectivity index (χ0v) is 22.5. The minimum Gasteiger partial charge on any atom is -0.478 e. The average Bonchev–Trinajstić information content (AvgIpc) is 3.54. The molecule has 0 unspecified atom stereocenters. The molecule has 4 aromatic rings. The molecule has 2 atom stereocenters. The van der Waals surface area contributed by atoms with Crippen LogP contribution in [0.5, 0.6) is 0 Å². The summed E-state index contributed by atoms with van der Waals surface area (Å²) in [6, 6.07) is 21.1. The maximum atomic E-state index is 12.3. The van der Waals surface area contributed by atoms with E-state index in [9.17, 15) is 14.7 Å². The molecule has 0 bridgehead atoms. The Morgan fingerprint density at radius 2 is 1.85 bits per heavy atom. The van der Waals surface area contributed by atoms with E-state index in [1.54, 1.807) is 36.5 Å². The van der Waals surface area contributed by atoms with Crippen LogP contribution in [-0.2, 0) is 4.79 Å². The number of carbonyl (C=O) groups excluding carboxylic acids is 1. The first-order valence-electron chi connectivity index (χ1n) is 12.6. The Bertz CT molecular complexity index is 1550. The van der Waals surface area contributed by atoms with Gasteiger partial charge in [0.2, 0.25) is 5.91 Å². The third-order valence-electron chi connectivity index (χ3n) is 6.71. The Kier molecular flexibility index (Phi) is 7.17. The van der Waals surface area contributed by atoms with Crippen molar-refractivity contribution in [3.05, 3.63) is 102 Å². The van der Waals surface area contributed by atoms with Crippen LogP contribution in [0.4, 0.5) is 11.4 Å². The first kappa shape index (κ1) is 26.1. The van der Waals surface area contributed by atoms with Gasteiger partial charge in [-0.1, -0.05) is 38.1 Å². The fourth-order valence-electron chi connectivity index (χ4n) is 4.68. The highest BCUT2D eigenvalue weighted by Gasteiger charge is 2.42. The molecule has 1 aliphatic heterocycles. The molecule has 198 valence electrons. The molecule has 0 radical (unpaired) electrons. The number of aromatic nitrogens is 1. The smallest absolute Gasteiger partial charge is 0.336 e. The third-order valence-corrected chi connectivity index (χ3v) is 7.02. The molecule has 2 aromatic heterocycles. The van der Waals surface area contributed by atoms with E-state index in [0.29, 0.717) is 22.2 Å². The van der Waals surface area contributed by atoms with Gasteiger partial charge >= 0.3 is 5.97 Å². The molecule has 1 amide bonds. The summed E-state index contributed by atoms with van der Waals surface area (Å²) in [5.74, 6) is -0.170. The van der Waals surface area contributed by atoms with Crippen LogP contribution >= 0.6 is 12.2 Å². The molecule has 3 heterocycles. The van der Waals surface area contributed by atoms with Gasteiger partial charge in [-0.15, -0.1) is 0 Å². The number of thiocarbonyl (C=S) groups is 1. The second-order valence-electron chi connectivity index (χ2n) is 9.69. The number of nitrogens with one attached hydrogen (secondary N) is 2. The molecule has 39 heavy (non-hydrogen) atoms. The number of anilines is 2. The molecule has 3 N–H and O–H groups in total. The zero-order valence-electron chi connectivity index (χ0n) is 21.7. The van der Waals surface area contributed by atoms with Crippen molar-refractivity contribution in [2.24, 2.45) is 5.92 Å². The maximum Gasteiger partial charge on any atom is 0.336 e. The van der Waals surface area contributed by atoms with Gasteiger partial charge in [0.25, 0.3) is 0 Å². The summed E-state index contributed by atoms with van der Waals surface area (Å²) in [6.07, 6.45) is 1.73. The third kappa shape index (κ3) is 5.13. The fraction of sp³-hybridized carbons (Fsp3) is 0.200. The lowest BCUT2D eigenvalue weighted by molar-refractivity contribution is -0.118.